The Labute approximate surface area is 160 Å². The number of halogens is 1. The minimum atomic E-state index is -0.265. The first kappa shape index (κ1) is 16.9. The third-order valence-electron chi connectivity index (χ3n) is 4.05. The quantitative estimate of drug-likeness (QED) is 0.664. The number of benzene rings is 2. The van der Waals surface area contributed by atoms with Gasteiger partial charge in [-0.2, -0.15) is 0 Å². The fourth-order valence-electron chi connectivity index (χ4n) is 2.76. The van der Waals surface area contributed by atoms with Crippen LogP contribution in [0.5, 0.6) is 0 Å². The number of aryl methyl sites for hydroxylation is 1. The summed E-state index contributed by atoms with van der Waals surface area (Å²) in [5, 5.41) is 9.18. The number of thioether (sulfide) groups is 1. The van der Waals surface area contributed by atoms with Crippen LogP contribution in [0, 0.1) is 0 Å². The van der Waals surface area contributed by atoms with Gasteiger partial charge in [0.25, 0.3) is 5.91 Å². The van der Waals surface area contributed by atoms with Gasteiger partial charge in [-0.1, -0.05) is 29.8 Å². The Balaban J connectivity index is 1.52. The zero-order valence-electron chi connectivity index (χ0n) is 13.7. The van der Waals surface area contributed by atoms with E-state index in [1.807, 2.05) is 30.0 Å². The van der Waals surface area contributed by atoms with Crippen LogP contribution < -0.4 is 10.9 Å². The molecule has 1 aliphatic heterocycles. The van der Waals surface area contributed by atoms with E-state index >= 15 is 0 Å². The zero-order valence-corrected chi connectivity index (χ0v) is 15.3. The number of carbonyl (C=O) groups is 1. The molecule has 1 amide bonds. The van der Waals surface area contributed by atoms with Crippen molar-refractivity contribution in [3.63, 3.8) is 0 Å². The number of nitrogens with zero attached hydrogens (tertiary/aromatic N) is 2. The molecular weight excluding hydrogens is 368 g/mol. The average Bonchev–Trinajstić information content (AvgIpc) is 2.85. The summed E-state index contributed by atoms with van der Waals surface area (Å²) in [5.74, 6) is 1.22. The molecule has 3 aromatic rings. The molecule has 130 valence electrons. The lowest BCUT2D eigenvalue weighted by atomic mass is 10.1. The number of anilines is 1. The summed E-state index contributed by atoms with van der Waals surface area (Å²) < 4.78 is 0. The summed E-state index contributed by atoms with van der Waals surface area (Å²) in [6.07, 6.45) is 0.893. The summed E-state index contributed by atoms with van der Waals surface area (Å²) >= 11 is 7.66. The molecule has 0 saturated heterocycles. The van der Waals surface area contributed by atoms with Crippen LogP contribution >= 0.6 is 23.4 Å². The lowest BCUT2D eigenvalue weighted by Crippen LogP contribution is -2.30. The van der Waals surface area contributed by atoms with Crippen molar-refractivity contribution in [1.82, 2.24) is 15.6 Å². The Hall–Kier alpha value is -2.57. The van der Waals surface area contributed by atoms with Crippen LogP contribution in [0.4, 0.5) is 5.82 Å². The van der Waals surface area contributed by atoms with Gasteiger partial charge in [0, 0.05) is 26.8 Å². The van der Waals surface area contributed by atoms with Gasteiger partial charge in [-0.25, -0.2) is 0 Å². The molecule has 2 heterocycles. The summed E-state index contributed by atoms with van der Waals surface area (Å²) in [7, 11) is 0. The summed E-state index contributed by atoms with van der Waals surface area (Å²) in [6, 6.07) is 16.8. The predicted molar refractivity (Wildman–Crippen MR) is 104 cm³/mol. The molecule has 0 bridgehead atoms. The average molecular weight is 383 g/mol. The number of aromatic nitrogens is 2. The maximum absolute atomic E-state index is 12.2. The number of amides is 1. The van der Waals surface area contributed by atoms with Gasteiger partial charge in [0.2, 0.25) is 0 Å². The maximum atomic E-state index is 12.2. The fraction of sp³-hybridized carbons (Fsp3) is 0.105. The molecule has 0 spiro atoms. The van der Waals surface area contributed by atoms with Gasteiger partial charge in [0.1, 0.15) is 0 Å². The van der Waals surface area contributed by atoms with E-state index in [1.165, 1.54) is 4.90 Å². The van der Waals surface area contributed by atoms with Crippen molar-refractivity contribution in [1.29, 1.82) is 0 Å². The third kappa shape index (κ3) is 3.52. The van der Waals surface area contributed by atoms with Gasteiger partial charge in [-0.15, -0.1) is 22.0 Å². The lowest BCUT2D eigenvalue weighted by molar-refractivity contribution is 0.0962. The number of rotatable bonds is 3. The first-order chi connectivity index (χ1) is 12.7. The molecule has 2 N–H and O–H groups in total. The van der Waals surface area contributed by atoms with Gasteiger partial charge in [0.15, 0.2) is 5.82 Å². The SMILES string of the molecule is O=C(NNc1cc2c(nn1)-c1ccccc1SCC2)c1ccc(Cl)cc1. The molecule has 4 rings (SSSR count). The molecular formula is C19H15ClN4OS. The molecule has 2 aromatic carbocycles. The molecule has 7 heteroatoms. The Morgan fingerprint density at radius 2 is 1.88 bits per heavy atom. The second-order valence-corrected chi connectivity index (χ2v) is 7.36. The van der Waals surface area contributed by atoms with E-state index in [-0.39, 0.29) is 5.91 Å². The molecule has 26 heavy (non-hydrogen) atoms. The van der Waals surface area contributed by atoms with Crippen LogP contribution in [-0.2, 0) is 6.42 Å². The van der Waals surface area contributed by atoms with Gasteiger partial charge in [-0.05, 0) is 48.4 Å². The minimum Gasteiger partial charge on any atom is -0.280 e. The Morgan fingerprint density at radius 3 is 2.73 bits per heavy atom. The van der Waals surface area contributed by atoms with Crippen LogP contribution in [0.1, 0.15) is 15.9 Å². The number of hydrogen-bond acceptors (Lipinski definition) is 5. The first-order valence-corrected chi connectivity index (χ1v) is 9.48. The Kier molecular flexibility index (Phi) is 4.77. The van der Waals surface area contributed by atoms with E-state index in [4.69, 9.17) is 11.6 Å². The Bertz CT molecular complexity index is 962. The van der Waals surface area contributed by atoms with Gasteiger partial charge in [-0.3, -0.25) is 15.6 Å². The second-order valence-electron chi connectivity index (χ2n) is 5.78. The number of nitrogens with one attached hydrogen (secondary N) is 2. The number of carbonyl (C=O) groups excluding carboxylic acids is 1. The van der Waals surface area contributed by atoms with Crippen molar-refractivity contribution >= 4 is 35.1 Å². The highest BCUT2D eigenvalue weighted by molar-refractivity contribution is 7.99. The van der Waals surface area contributed by atoms with Crippen molar-refractivity contribution in [3.8, 4) is 11.3 Å². The van der Waals surface area contributed by atoms with Crippen molar-refractivity contribution in [3.05, 3.63) is 70.7 Å². The highest BCUT2D eigenvalue weighted by Gasteiger charge is 2.17. The van der Waals surface area contributed by atoms with E-state index < -0.39 is 0 Å². The number of hydrazine groups is 1. The van der Waals surface area contributed by atoms with Crippen LogP contribution in [0.3, 0.4) is 0 Å². The lowest BCUT2D eigenvalue weighted by Gasteiger charge is -2.11. The van der Waals surface area contributed by atoms with E-state index in [2.05, 4.69) is 33.2 Å². The smallest absolute Gasteiger partial charge is 0.269 e. The van der Waals surface area contributed by atoms with Crippen molar-refractivity contribution in [2.24, 2.45) is 0 Å². The topological polar surface area (TPSA) is 66.9 Å². The highest BCUT2D eigenvalue weighted by Crippen LogP contribution is 2.36. The first-order valence-electron chi connectivity index (χ1n) is 8.11. The van der Waals surface area contributed by atoms with Gasteiger partial charge < -0.3 is 0 Å². The van der Waals surface area contributed by atoms with Crippen LogP contribution in [0.25, 0.3) is 11.3 Å². The van der Waals surface area contributed by atoms with Gasteiger partial charge >= 0.3 is 0 Å². The normalized spacial score (nSPS) is 12.5. The van der Waals surface area contributed by atoms with Gasteiger partial charge in [0.05, 0.1) is 5.69 Å². The van der Waals surface area contributed by atoms with Crippen molar-refractivity contribution in [2.75, 3.05) is 11.2 Å². The summed E-state index contributed by atoms with van der Waals surface area (Å²) in [6.45, 7) is 0. The van der Waals surface area contributed by atoms with E-state index in [1.54, 1.807) is 24.3 Å². The standard InChI is InChI=1S/C19H15ClN4OS/c20-14-7-5-12(6-8-14)19(25)24-22-17-11-13-9-10-26-16-4-2-1-3-15(16)18(13)23-21-17/h1-8,11H,9-10H2,(H,21,22)(H,24,25). The van der Waals surface area contributed by atoms with E-state index in [9.17, 15) is 4.79 Å². The highest BCUT2D eigenvalue weighted by atomic mass is 35.5. The fourth-order valence-corrected chi connectivity index (χ4v) is 3.93. The van der Waals surface area contributed by atoms with E-state index in [0.29, 0.717) is 16.4 Å². The van der Waals surface area contributed by atoms with E-state index in [0.717, 1.165) is 29.0 Å². The monoisotopic (exact) mass is 382 g/mol. The molecule has 0 saturated carbocycles. The molecule has 0 atom stereocenters. The van der Waals surface area contributed by atoms with Crippen LogP contribution in [-0.4, -0.2) is 21.9 Å². The van der Waals surface area contributed by atoms with Crippen molar-refractivity contribution < 1.29 is 4.79 Å². The summed E-state index contributed by atoms with van der Waals surface area (Å²) in [5.41, 5.74) is 9.11. The molecule has 5 nitrogen and oxygen atoms in total. The number of hydrogen-bond donors (Lipinski definition) is 2. The largest absolute Gasteiger partial charge is 0.280 e. The third-order valence-corrected chi connectivity index (χ3v) is 5.38. The predicted octanol–water partition coefficient (Wildman–Crippen LogP) is 4.20. The maximum Gasteiger partial charge on any atom is 0.269 e. The molecule has 0 aliphatic carbocycles. The summed E-state index contributed by atoms with van der Waals surface area (Å²) in [4.78, 5) is 13.4. The van der Waals surface area contributed by atoms with Crippen molar-refractivity contribution in [2.45, 2.75) is 11.3 Å². The van der Waals surface area contributed by atoms with Crippen LogP contribution in [0.2, 0.25) is 5.02 Å². The second kappa shape index (κ2) is 7.35. The zero-order chi connectivity index (χ0) is 17.9. The minimum absolute atomic E-state index is 0.265. The Morgan fingerprint density at radius 1 is 1.08 bits per heavy atom. The van der Waals surface area contributed by atoms with Crippen LogP contribution in [0.15, 0.2) is 59.5 Å². The molecule has 0 unspecified atom stereocenters. The molecule has 1 aliphatic rings. The molecule has 1 aromatic heterocycles. The number of fused-ring (bicyclic) bond motifs is 3. The molecule has 0 radical (unpaired) electrons. The molecule has 0 fully saturated rings.